The second-order valence-corrected chi connectivity index (χ2v) is 9.33. The molecule has 1 aromatic heterocycles. The van der Waals surface area contributed by atoms with Crippen LogP contribution in [0.3, 0.4) is 0 Å². The van der Waals surface area contributed by atoms with Crippen LogP contribution >= 0.6 is 11.3 Å². The minimum atomic E-state index is -0.832. The zero-order valence-electron chi connectivity index (χ0n) is 21.3. The summed E-state index contributed by atoms with van der Waals surface area (Å²) in [5.74, 6) is -0.366. The number of nitrogens with zero attached hydrogens (tertiary/aromatic N) is 3. The molecule has 2 aromatic rings. The topological polar surface area (TPSA) is 101 Å². The fraction of sp³-hybridized carbons (Fsp3) is 0.480. The van der Waals surface area contributed by atoms with Gasteiger partial charge in [0.2, 0.25) is 11.5 Å². The summed E-state index contributed by atoms with van der Waals surface area (Å²) in [5, 5.41) is 11.7. The van der Waals surface area contributed by atoms with E-state index < -0.39 is 23.5 Å². The number of carbonyl (C=O) groups excluding carboxylic acids is 2. The van der Waals surface area contributed by atoms with Gasteiger partial charge in [0.05, 0.1) is 48.5 Å². The Morgan fingerprint density at radius 3 is 2.17 bits per heavy atom. The summed E-state index contributed by atoms with van der Waals surface area (Å²) in [4.78, 5) is 35.5. The zero-order chi connectivity index (χ0) is 25.9. The van der Waals surface area contributed by atoms with E-state index in [4.69, 9.17) is 14.2 Å². The van der Waals surface area contributed by atoms with Gasteiger partial charge in [0.25, 0.3) is 5.91 Å². The van der Waals surface area contributed by atoms with Gasteiger partial charge in [-0.2, -0.15) is 0 Å². The zero-order valence-corrected chi connectivity index (χ0v) is 22.1. The normalized spacial score (nSPS) is 15.8. The lowest BCUT2D eigenvalue weighted by atomic mass is 9.94. The molecule has 0 spiro atoms. The van der Waals surface area contributed by atoms with Crippen molar-refractivity contribution in [2.45, 2.75) is 33.7 Å². The van der Waals surface area contributed by atoms with Crippen molar-refractivity contribution in [2.24, 2.45) is 0 Å². The number of Topliss-reactive ketones (excluding diaryl/α,β-unsaturated/α-hetero) is 1. The first-order valence-corrected chi connectivity index (χ1v) is 12.3. The minimum Gasteiger partial charge on any atom is -0.503 e. The first-order chi connectivity index (χ1) is 16.7. The lowest BCUT2D eigenvalue weighted by Crippen LogP contribution is -2.38. The maximum absolute atomic E-state index is 13.7. The molecule has 35 heavy (non-hydrogen) atoms. The molecule has 1 amide bonds. The molecule has 9 nitrogen and oxygen atoms in total. The van der Waals surface area contributed by atoms with Crippen LogP contribution in [-0.4, -0.2) is 79.1 Å². The lowest BCUT2D eigenvalue weighted by Gasteiger charge is -2.30. The Labute approximate surface area is 209 Å². The number of aliphatic hydroxyl groups is 1. The van der Waals surface area contributed by atoms with Crippen molar-refractivity contribution in [2.75, 3.05) is 47.5 Å². The highest BCUT2D eigenvalue weighted by molar-refractivity contribution is 7.14. The number of aryl methyl sites for hydroxylation is 2. The molecule has 0 radical (unpaired) electrons. The molecule has 1 aromatic carbocycles. The molecular formula is C25H33N3O6S. The standard InChI is InChI=1S/C25H33N3O6S/c1-8-27(9-2)10-11-28-20(16-12-17(32-5)23(34-7)18(13-16)33-6)19(22(30)25(28)31)21(29)24-14(3)26-15(4)35-24/h12-13,20,30H,8-11H2,1-7H3/t20-/m1/s1. The summed E-state index contributed by atoms with van der Waals surface area (Å²) >= 11 is 1.24. The second kappa shape index (κ2) is 11.1. The number of carbonyl (C=O) groups is 2. The van der Waals surface area contributed by atoms with Gasteiger partial charge >= 0.3 is 0 Å². The van der Waals surface area contributed by atoms with E-state index in [0.717, 1.165) is 18.1 Å². The van der Waals surface area contributed by atoms with Gasteiger partial charge in [-0.3, -0.25) is 9.59 Å². The predicted molar refractivity (Wildman–Crippen MR) is 134 cm³/mol. The van der Waals surface area contributed by atoms with Gasteiger partial charge in [-0.15, -0.1) is 11.3 Å². The van der Waals surface area contributed by atoms with Crippen molar-refractivity contribution in [3.05, 3.63) is 44.6 Å². The number of ketones is 1. The first-order valence-electron chi connectivity index (χ1n) is 11.5. The molecule has 0 bridgehead atoms. The third-order valence-corrected chi connectivity index (χ3v) is 7.28. The number of hydrogen-bond donors (Lipinski definition) is 1. The molecule has 2 heterocycles. The minimum absolute atomic E-state index is 0.0237. The molecule has 0 saturated carbocycles. The number of likely N-dealkylation sites (N-methyl/N-ethyl adjacent to an activating group) is 1. The van der Waals surface area contributed by atoms with Crippen molar-refractivity contribution in [1.82, 2.24) is 14.8 Å². The van der Waals surface area contributed by atoms with Gasteiger partial charge in [-0.05, 0) is 44.6 Å². The molecule has 1 N–H and O–H groups in total. The fourth-order valence-corrected chi connectivity index (χ4v) is 5.25. The van der Waals surface area contributed by atoms with Crippen LogP contribution in [0.25, 0.3) is 0 Å². The number of benzene rings is 1. The summed E-state index contributed by atoms with van der Waals surface area (Å²) < 4.78 is 16.5. The molecule has 1 aliphatic rings. The predicted octanol–water partition coefficient (Wildman–Crippen LogP) is 3.71. The van der Waals surface area contributed by atoms with Crippen molar-refractivity contribution < 1.29 is 28.9 Å². The van der Waals surface area contributed by atoms with E-state index in [9.17, 15) is 14.7 Å². The van der Waals surface area contributed by atoms with Crippen molar-refractivity contribution in [3.8, 4) is 17.2 Å². The number of thiazole rings is 1. The number of rotatable bonds is 11. The average molecular weight is 504 g/mol. The number of aromatic nitrogens is 1. The maximum Gasteiger partial charge on any atom is 0.290 e. The molecule has 0 aliphatic carbocycles. The Morgan fingerprint density at radius 1 is 1.11 bits per heavy atom. The molecule has 0 saturated heterocycles. The number of hydrogen-bond acceptors (Lipinski definition) is 9. The molecule has 0 unspecified atom stereocenters. The third-order valence-electron chi connectivity index (χ3n) is 6.21. The van der Waals surface area contributed by atoms with E-state index in [0.29, 0.717) is 46.5 Å². The molecule has 10 heteroatoms. The number of amides is 1. The van der Waals surface area contributed by atoms with Crippen LogP contribution in [0.5, 0.6) is 17.2 Å². The molecule has 1 atom stereocenters. The third kappa shape index (κ3) is 4.99. The smallest absolute Gasteiger partial charge is 0.290 e. The fourth-order valence-electron chi connectivity index (χ4n) is 4.38. The Kier molecular flexibility index (Phi) is 8.39. The summed E-state index contributed by atoms with van der Waals surface area (Å²) in [6, 6.07) is 2.59. The Morgan fingerprint density at radius 2 is 1.71 bits per heavy atom. The lowest BCUT2D eigenvalue weighted by molar-refractivity contribution is -0.129. The van der Waals surface area contributed by atoms with Crippen molar-refractivity contribution in [1.29, 1.82) is 0 Å². The van der Waals surface area contributed by atoms with Gasteiger partial charge in [-0.1, -0.05) is 13.8 Å². The van der Waals surface area contributed by atoms with Crippen molar-refractivity contribution >= 4 is 23.0 Å². The highest BCUT2D eigenvalue weighted by Crippen LogP contribution is 2.45. The molecule has 3 rings (SSSR count). The quantitative estimate of drug-likeness (QED) is 0.463. The van der Waals surface area contributed by atoms with E-state index >= 15 is 0 Å². The van der Waals surface area contributed by atoms with E-state index in [-0.39, 0.29) is 5.57 Å². The Balaban J connectivity index is 2.17. The van der Waals surface area contributed by atoms with Gasteiger partial charge < -0.3 is 29.1 Å². The number of methoxy groups -OCH3 is 3. The number of ether oxygens (including phenoxy) is 3. The maximum atomic E-state index is 13.7. The Bertz CT molecular complexity index is 1110. The van der Waals surface area contributed by atoms with Crippen LogP contribution in [0, 0.1) is 13.8 Å². The van der Waals surface area contributed by atoms with E-state index in [2.05, 4.69) is 9.88 Å². The van der Waals surface area contributed by atoms with E-state index in [1.165, 1.54) is 37.6 Å². The highest BCUT2D eigenvalue weighted by atomic mass is 32.1. The van der Waals surface area contributed by atoms with Crippen LogP contribution in [0.1, 0.15) is 45.8 Å². The molecule has 190 valence electrons. The van der Waals surface area contributed by atoms with Gasteiger partial charge in [0.1, 0.15) is 0 Å². The van der Waals surface area contributed by atoms with Crippen LogP contribution < -0.4 is 14.2 Å². The first kappa shape index (κ1) is 26.5. The highest BCUT2D eigenvalue weighted by Gasteiger charge is 2.45. The van der Waals surface area contributed by atoms with Gasteiger partial charge in [-0.25, -0.2) is 4.98 Å². The molecule has 0 fully saturated rings. The average Bonchev–Trinajstić information content (AvgIpc) is 3.33. The van der Waals surface area contributed by atoms with Gasteiger partial charge in [0, 0.05) is 13.1 Å². The van der Waals surface area contributed by atoms with Crippen molar-refractivity contribution in [3.63, 3.8) is 0 Å². The monoisotopic (exact) mass is 503 g/mol. The van der Waals surface area contributed by atoms with Crippen LogP contribution in [0.15, 0.2) is 23.5 Å². The van der Waals surface area contributed by atoms with Gasteiger partial charge in [0.15, 0.2) is 17.3 Å². The summed E-state index contributed by atoms with van der Waals surface area (Å²) in [6.07, 6.45) is 0. The Hall–Kier alpha value is -3.11. The summed E-state index contributed by atoms with van der Waals surface area (Å²) in [6.45, 7) is 10.2. The van der Waals surface area contributed by atoms with Crippen LogP contribution in [0.4, 0.5) is 0 Å². The van der Waals surface area contributed by atoms with E-state index in [1.54, 1.807) is 19.1 Å². The molecule has 1 aliphatic heterocycles. The van der Waals surface area contributed by atoms with Crippen LogP contribution in [0.2, 0.25) is 0 Å². The largest absolute Gasteiger partial charge is 0.503 e. The second-order valence-electron chi connectivity index (χ2n) is 8.13. The van der Waals surface area contributed by atoms with Crippen LogP contribution in [-0.2, 0) is 4.79 Å². The van der Waals surface area contributed by atoms with E-state index in [1.807, 2.05) is 20.8 Å². The summed E-state index contributed by atoms with van der Waals surface area (Å²) in [7, 11) is 4.51. The SMILES string of the molecule is CCN(CC)CCN1C(=O)C(O)=C(C(=O)c2sc(C)nc2C)[C@H]1c1cc(OC)c(OC)c(OC)c1. The molecular weight excluding hydrogens is 470 g/mol. The number of aliphatic hydroxyl groups excluding tert-OH is 1. The summed E-state index contributed by atoms with van der Waals surface area (Å²) in [5.41, 5.74) is 1.16.